The monoisotopic (exact) mass is 389 g/mol. The van der Waals surface area contributed by atoms with Crippen molar-refractivity contribution < 1.29 is 17.9 Å². The molecule has 0 amide bonds. The summed E-state index contributed by atoms with van der Waals surface area (Å²) in [6, 6.07) is 15.0. The predicted octanol–water partition coefficient (Wildman–Crippen LogP) is 4.14. The summed E-state index contributed by atoms with van der Waals surface area (Å²) >= 11 is 5.96. The molecule has 0 bridgehead atoms. The maximum atomic E-state index is 13.2. The zero-order chi connectivity index (χ0) is 18.9. The number of halogens is 1. The lowest BCUT2D eigenvalue weighted by molar-refractivity contribution is 0.0600. The van der Waals surface area contributed by atoms with Gasteiger partial charge < -0.3 is 4.74 Å². The highest BCUT2D eigenvalue weighted by atomic mass is 35.5. The summed E-state index contributed by atoms with van der Waals surface area (Å²) in [5.41, 5.74) is 1.79. The van der Waals surface area contributed by atoms with Gasteiger partial charge in [0.15, 0.2) is 0 Å². The van der Waals surface area contributed by atoms with E-state index in [9.17, 15) is 13.2 Å². The average molecular weight is 390 g/mol. The molecule has 1 aromatic heterocycles. The second kappa shape index (κ2) is 6.97. The van der Waals surface area contributed by atoms with Crippen LogP contribution < -0.4 is 0 Å². The molecule has 5 nitrogen and oxygen atoms in total. The Kier molecular flexibility index (Phi) is 4.89. The van der Waals surface area contributed by atoms with Gasteiger partial charge in [0.05, 0.1) is 23.3 Å². The van der Waals surface area contributed by atoms with Gasteiger partial charge in [0.2, 0.25) is 0 Å². The molecule has 0 unspecified atom stereocenters. The largest absolute Gasteiger partial charge is 0.465 e. The van der Waals surface area contributed by atoms with Crippen molar-refractivity contribution in [1.29, 1.82) is 0 Å². The molecule has 3 rings (SSSR count). The SMILES string of the molecule is COC(=O)c1cn(S(=O)(=O)c2cccc(Cl)c2)c(-c2ccccc2)c1C. The number of rotatable bonds is 4. The molecular weight excluding hydrogens is 374 g/mol. The van der Waals surface area contributed by atoms with Crippen molar-refractivity contribution in [2.45, 2.75) is 11.8 Å². The first-order valence-corrected chi connectivity index (χ1v) is 9.55. The fourth-order valence-electron chi connectivity index (χ4n) is 2.76. The first-order valence-electron chi connectivity index (χ1n) is 7.73. The van der Waals surface area contributed by atoms with Crippen molar-refractivity contribution in [2.24, 2.45) is 0 Å². The Hall–Kier alpha value is -2.57. The molecule has 1 heterocycles. The van der Waals surface area contributed by atoms with Crippen molar-refractivity contribution in [3.63, 3.8) is 0 Å². The summed E-state index contributed by atoms with van der Waals surface area (Å²) in [4.78, 5) is 12.1. The molecule has 0 aliphatic rings. The molecule has 0 aliphatic heterocycles. The van der Waals surface area contributed by atoms with Gasteiger partial charge in [-0.25, -0.2) is 17.2 Å². The summed E-state index contributed by atoms with van der Waals surface area (Å²) in [6.07, 6.45) is 1.29. The Morgan fingerprint density at radius 2 is 1.77 bits per heavy atom. The molecule has 0 aliphatic carbocycles. The predicted molar refractivity (Wildman–Crippen MR) is 100.0 cm³/mol. The van der Waals surface area contributed by atoms with Crippen LogP contribution in [0.5, 0.6) is 0 Å². The Balaban J connectivity index is 2.32. The smallest absolute Gasteiger partial charge is 0.339 e. The van der Waals surface area contributed by atoms with Crippen LogP contribution in [0.2, 0.25) is 5.02 Å². The molecule has 7 heteroatoms. The van der Waals surface area contributed by atoms with Gasteiger partial charge in [-0.15, -0.1) is 0 Å². The Morgan fingerprint density at radius 3 is 2.38 bits per heavy atom. The summed E-state index contributed by atoms with van der Waals surface area (Å²) < 4.78 is 32.3. The zero-order valence-corrected chi connectivity index (χ0v) is 15.7. The number of hydrogen-bond acceptors (Lipinski definition) is 4. The van der Waals surface area contributed by atoms with Crippen molar-refractivity contribution in [3.05, 3.63) is 76.9 Å². The van der Waals surface area contributed by atoms with Gasteiger partial charge in [-0.2, -0.15) is 0 Å². The van der Waals surface area contributed by atoms with Gasteiger partial charge in [0.1, 0.15) is 0 Å². The topological polar surface area (TPSA) is 65.4 Å². The molecule has 2 aromatic carbocycles. The normalized spacial score (nSPS) is 11.3. The lowest BCUT2D eigenvalue weighted by Gasteiger charge is -2.12. The lowest BCUT2D eigenvalue weighted by atomic mass is 10.1. The summed E-state index contributed by atoms with van der Waals surface area (Å²) in [6.45, 7) is 1.69. The Morgan fingerprint density at radius 1 is 1.08 bits per heavy atom. The number of nitrogens with zero attached hydrogens (tertiary/aromatic N) is 1. The van der Waals surface area contributed by atoms with Crippen LogP contribution in [0.25, 0.3) is 11.3 Å². The van der Waals surface area contributed by atoms with E-state index in [2.05, 4.69) is 0 Å². The first kappa shape index (κ1) is 18.2. The van der Waals surface area contributed by atoms with Crippen molar-refractivity contribution >= 4 is 27.6 Å². The second-order valence-electron chi connectivity index (χ2n) is 5.63. The molecule has 0 saturated carbocycles. The van der Waals surface area contributed by atoms with E-state index in [1.54, 1.807) is 43.3 Å². The Bertz CT molecular complexity index is 1070. The van der Waals surface area contributed by atoms with Crippen molar-refractivity contribution in [2.75, 3.05) is 7.11 Å². The van der Waals surface area contributed by atoms with Crippen LogP contribution in [0.1, 0.15) is 15.9 Å². The average Bonchev–Trinajstić information content (AvgIpc) is 3.00. The van der Waals surface area contributed by atoms with E-state index in [1.807, 2.05) is 6.07 Å². The van der Waals surface area contributed by atoms with Gasteiger partial charge in [-0.3, -0.25) is 0 Å². The van der Waals surface area contributed by atoms with Crippen LogP contribution in [0.4, 0.5) is 0 Å². The van der Waals surface area contributed by atoms with Crippen LogP contribution >= 0.6 is 11.6 Å². The third kappa shape index (κ3) is 3.13. The van der Waals surface area contributed by atoms with E-state index in [4.69, 9.17) is 16.3 Å². The molecule has 0 N–H and O–H groups in total. The maximum Gasteiger partial charge on any atom is 0.339 e. The highest BCUT2D eigenvalue weighted by Crippen LogP contribution is 2.32. The first-order chi connectivity index (χ1) is 12.4. The fourth-order valence-corrected chi connectivity index (χ4v) is 4.49. The van der Waals surface area contributed by atoms with Gasteiger partial charge in [-0.1, -0.05) is 48.0 Å². The number of methoxy groups -OCH3 is 1. The number of carbonyl (C=O) groups excluding carboxylic acids is 1. The van der Waals surface area contributed by atoms with Crippen LogP contribution in [-0.2, 0) is 14.8 Å². The standard InChI is InChI=1S/C19H16ClNO4S/c1-13-17(19(22)25-2)12-21(18(13)14-7-4-3-5-8-14)26(23,24)16-10-6-9-15(20)11-16/h3-12H,1-2H3. The molecule has 0 radical (unpaired) electrons. The minimum Gasteiger partial charge on any atom is -0.465 e. The molecular formula is C19H16ClNO4S. The van der Waals surface area contributed by atoms with E-state index in [0.29, 0.717) is 21.8 Å². The third-order valence-corrected chi connectivity index (χ3v) is 5.92. The molecule has 0 saturated heterocycles. The van der Waals surface area contributed by atoms with Gasteiger partial charge in [-0.05, 0) is 36.2 Å². The lowest BCUT2D eigenvalue weighted by Crippen LogP contribution is -2.13. The molecule has 0 spiro atoms. The van der Waals surface area contributed by atoms with E-state index in [-0.39, 0.29) is 10.5 Å². The van der Waals surface area contributed by atoms with Crippen LogP contribution in [0.3, 0.4) is 0 Å². The minimum absolute atomic E-state index is 0.0357. The van der Waals surface area contributed by atoms with Crippen molar-refractivity contribution in [1.82, 2.24) is 3.97 Å². The summed E-state index contributed by atoms with van der Waals surface area (Å²) in [5.74, 6) is -0.597. The minimum atomic E-state index is -3.96. The molecule has 26 heavy (non-hydrogen) atoms. The summed E-state index contributed by atoms with van der Waals surface area (Å²) in [5, 5.41) is 0.310. The third-order valence-electron chi connectivity index (χ3n) is 4.03. The van der Waals surface area contributed by atoms with Gasteiger partial charge in [0, 0.05) is 11.2 Å². The van der Waals surface area contributed by atoms with Crippen LogP contribution in [-0.4, -0.2) is 25.5 Å². The fraction of sp³-hybridized carbons (Fsp3) is 0.105. The molecule has 0 fully saturated rings. The number of aromatic nitrogens is 1. The maximum absolute atomic E-state index is 13.2. The number of benzene rings is 2. The van der Waals surface area contributed by atoms with Gasteiger partial charge >= 0.3 is 5.97 Å². The van der Waals surface area contributed by atoms with Gasteiger partial charge in [0.25, 0.3) is 10.0 Å². The van der Waals surface area contributed by atoms with Crippen LogP contribution in [0, 0.1) is 6.92 Å². The van der Waals surface area contributed by atoms with Crippen molar-refractivity contribution in [3.8, 4) is 11.3 Å². The highest BCUT2D eigenvalue weighted by molar-refractivity contribution is 7.90. The van der Waals surface area contributed by atoms with E-state index in [1.165, 1.54) is 25.4 Å². The Labute approximate surface area is 156 Å². The van der Waals surface area contributed by atoms with E-state index >= 15 is 0 Å². The zero-order valence-electron chi connectivity index (χ0n) is 14.1. The quantitative estimate of drug-likeness (QED) is 0.629. The number of carbonyl (C=O) groups is 1. The van der Waals surface area contributed by atoms with Crippen LogP contribution in [0.15, 0.2) is 65.7 Å². The van der Waals surface area contributed by atoms with E-state index in [0.717, 1.165) is 3.97 Å². The molecule has 3 aromatic rings. The molecule has 134 valence electrons. The number of ether oxygens (including phenoxy) is 1. The molecule has 0 atom stereocenters. The summed E-state index contributed by atoms with van der Waals surface area (Å²) in [7, 11) is -2.70. The number of hydrogen-bond donors (Lipinski definition) is 0. The highest BCUT2D eigenvalue weighted by Gasteiger charge is 2.27. The number of esters is 1. The second-order valence-corrected chi connectivity index (χ2v) is 7.88. The van der Waals surface area contributed by atoms with E-state index < -0.39 is 16.0 Å².